The molecular formula is C11H17F3N2O2. The third kappa shape index (κ3) is 3.14. The van der Waals surface area contributed by atoms with Gasteiger partial charge in [-0.05, 0) is 12.3 Å². The Kier molecular flexibility index (Phi) is 3.65. The standard InChI is InChI=1S/C11H17F3N2O2/c1-6-8(17)15-7(10(2,3)4)9(18)16(6)5-11(12,13)14/h6-7H,5H2,1-4H3,(H,15,17). The van der Waals surface area contributed by atoms with Crippen LogP contribution < -0.4 is 5.32 Å². The Morgan fingerprint density at radius 3 is 2.11 bits per heavy atom. The number of piperazine rings is 1. The van der Waals surface area contributed by atoms with E-state index in [1.54, 1.807) is 20.8 Å². The van der Waals surface area contributed by atoms with Crippen molar-refractivity contribution in [2.75, 3.05) is 6.54 Å². The van der Waals surface area contributed by atoms with E-state index in [-0.39, 0.29) is 0 Å². The van der Waals surface area contributed by atoms with Crippen molar-refractivity contribution in [1.29, 1.82) is 0 Å². The smallest absolute Gasteiger partial charge is 0.342 e. The lowest BCUT2D eigenvalue weighted by Gasteiger charge is -2.42. The van der Waals surface area contributed by atoms with Crippen molar-refractivity contribution < 1.29 is 22.8 Å². The van der Waals surface area contributed by atoms with Gasteiger partial charge < -0.3 is 10.2 Å². The lowest BCUT2D eigenvalue weighted by atomic mass is 9.84. The maximum Gasteiger partial charge on any atom is 0.406 e. The summed E-state index contributed by atoms with van der Waals surface area (Å²) < 4.78 is 37.2. The number of nitrogens with one attached hydrogen (secondary N) is 1. The maximum atomic E-state index is 12.4. The van der Waals surface area contributed by atoms with Gasteiger partial charge >= 0.3 is 6.18 Å². The van der Waals surface area contributed by atoms with E-state index in [1.165, 1.54) is 6.92 Å². The lowest BCUT2D eigenvalue weighted by Crippen LogP contribution is -2.66. The summed E-state index contributed by atoms with van der Waals surface area (Å²) in [5.41, 5.74) is -0.628. The fraction of sp³-hybridized carbons (Fsp3) is 0.818. The number of hydrogen-bond acceptors (Lipinski definition) is 2. The van der Waals surface area contributed by atoms with Crippen LogP contribution in [0.1, 0.15) is 27.7 Å². The number of halogens is 3. The largest absolute Gasteiger partial charge is 0.406 e. The van der Waals surface area contributed by atoms with Gasteiger partial charge in [-0.25, -0.2) is 0 Å². The minimum absolute atomic E-state index is 0.557. The van der Waals surface area contributed by atoms with Crippen molar-refractivity contribution in [2.24, 2.45) is 5.41 Å². The minimum Gasteiger partial charge on any atom is -0.342 e. The van der Waals surface area contributed by atoms with Crippen LogP contribution in [0.15, 0.2) is 0 Å². The SMILES string of the molecule is CC1C(=O)NC(C(C)(C)C)C(=O)N1CC(F)(F)F. The highest BCUT2D eigenvalue weighted by molar-refractivity contribution is 5.97. The number of rotatable bonds is 1. The number of carbonyl (C=O) groups is 2. The molecule has 0 spiro atoms. The quantitative estimate of drug-likeness (QED) is 0.778. The Balaban J connectivity index is 3.00. The molecule has 0 bridgehead atoms. The summed E-state index contributed by atoms with van der Waals surface area (Å²) in [6.45, 7) is 4.97. The van der Waals surface area contributed by atoms with Crippen LogP contribution in [0, 0.1) is 5.41 Å². The number of alkyl halides is 3. The highest BCUT2D eigenvalue weighted by Crippen LogP contribution is 2.27. The predicted octanol–water partition coefficient (Wildman–Crippen LogP) is 1.31. The van der Waals surface area contributed by atoms with Gasteiger partial charge in [-0.2, -0.15) is 13.2 Å². The molecule has 0 aromatic heterocycles. The average Bonchev–Trinajstić information content (AvgIpc) is 2.15. The molecule has 2 unspecified atom stereocenters. The molecule has 2 amide bonds. The summed E-state index contributed by atoms with van der Waals surface area (Å²) in [7, 11) is 0. The topological polar surface area (TPSA) is 49.4 Å². The maximum absolute atomic E-state index is 12.4. The highest BCUT2D eigenvalue weighted by Gasteiger charge is 2.46. The number of amides is 2. The Labute approximate surface area is 104 Å². The first-order valence-corrected chi connectivity index (χ1v) is 5.61. The fourth-order valence-corrected chi connectivity index (χ4v) is 1.82. The van der Waals surface area contributed by atoms with E-state index in [4.69, 9.17) is 0 Å². The van der Waals surface area contributed by atoms with Gasteiger partial charge in [0.1, 0.15) is 18.6 Å². The third-order valence-corrected chi connectivity index (χ3v) is 2.88. The van der Waals surface area contributed by atoms with Crippen LogP contribution in [0.4, 0.5) is 13.2 Å². The van der Waals surface area contributed by atoms with Crippen LogP contribution in [-0.2, 0) is 9.59 Å². The molecule has 2 atom stereocenters. The second kappa shape index (κ2) is 4.44. The Morgan fingerprint density at radius 2 is 1.72 bits per heavy atom. The first-order chi connectivity index (χ1) is 7.93. The minimum atomic E-state index is -4.51. The fourth-order valence-electron chi connectivity index (χ4n) is 1.82. The van der Waals surface area contributed by atoms with E-state index in [0.717, 1.165) is 0 Å². The van der Waals surface area contributed by atoms with Crippen LogP contribution in [0.5, 0.6) is 0 Å². The molecule has 1 aliphatic heterocycles. The van der Waals surface area contributed by atoms with Crippen molar-refractivity contribution in [3.05, 3.63) is 0 Å². The first kappa shape index (κ1) is 14.8. The molecule has 1 fully saturated rings. The summed E-state index contributed by atoms with van der Waals surface area (Å²) >= 11 is 0. The molecule has 0 radical (unpaired) electrons. The molecule has 4 nitrogen and oxygen atoms in total. The van der Waals surface area contributed by atoms with Crippen LogP contribution in [-0.4, -0.2) is 41.5 Å². The van der Waals surface area contributed by atoms with Crippen LogP contribution in [0.3, 0.4) is 0 Å². The Morgan fingerprint density at radius 1 is 1.22 bits per heavy atom. The molecule has 0 saturated carbocycles. The van der Waals surface area contributed by atoms with Gasteiger partial charge in [-0.1, -0.05) is 20.8 Å². The zero-order valence-electron chi connectivity index (χ0n) is 10.8. The molecule has 0 aromatic rings. The Hall–Kier alpha value is -1.27. The van der Waals surface area contributed by atoms with Crippen LogP contribution in [0.2, 0.25) is 0 Å². The lowest BCUT2D eigenvalue weighted by molar-refractivity contribution is -0.175. The molecule has 1 rings (SSSR count). The van der Waals surface area contributed by atoms with Gasteiger partial charge in [0.2, 0.25) is 11.8 Å². The number of nitrogens with zero attached hydrogens (tertiary/aromatic N) is 1. The van der Waals surface area contributed by atoms with Gasteiger partial charge in [0.25, 0.3) is 0 Å². The van der Waals surface area contributed by atoms with Crippen molar-refractivity contribution >= 4 is 11.8 Å². The number of carbonyl (C=O) groups excluding carboxylic acids is 2. The monoisotopic (exact) mass is 266 g/mol. The van der Waals surface area contributed by atoms with Gasteiger partial charge in [0.15, 0.2) is 0 Å². The summed E-state index contributed by atoms with van der Waals surface area (Å²) in [6, 6.07) is -2.03. The van der Waals surface area contributed by atoms with Crippen LogP contribution >= 0.6 is 0 Å². The van der Waals surface area contributed by atoms with Gasteiger partial charge in [-0.3, -0.25) is 9.59 Å². The zero-order chi connectivity index (χ0) is 14.3. The van der Waals surface area contributed by atoms with E-state index in [1.807, 2.05) is 0 Å². The molecule has 1 saturated heterocycles. The van der Waals surface area contributed by atoms with Crippen molar-refractivity contribution in [3.8, 4) is 0 Å². The van der Waals surface area contributed by atoms with E-state index in [2.05, 4.69) is 5.32 Å². The normalized spacial score (nSPS) is 26.3. The molecule has 1 N–H and O–H groups in total. The van der Waals surface area contributed by atoms with Crippen molar-refractivity contribution in [1.82, 2.24) is 10.2 Å². The van der Waals surface area contributed by atoms with E-state index >= 15 is 0 Å². The zero-order valence-corrected chi connectivity index (χ0v) is 10.8. The van der Waals surface area contributed by atoms with Crippen molar-refractivity contribution in [2.45, 2.75) is 46.0 Å². The molecule has 0 aliphatic carbocycles. The molecule has 1 heterocycles. The molecule has 7 heteroatoms. The van der Waals surface area contributed by atoms with E-state index < -0.39 is 42.0 Å². The second-order valence-corrected chi connectivity index (χ2v) is 5.56. The van der Waals surface area contributed by atoms with Gasteiger partial charge in [0, 0.05) is 0 Å². The summed E-state index contributed by atoms with van der Waals surface area (Å²) in [5, 5.41) is 2.47. The Bertz CT molecular complexity index is 360. The average molecular weight is 266 g/mol. The summed E-state index contributed by atoms with van der Waals surface area (Å²) in [6.07, 6.45) is -4.51. The van der Waals surface area contributed by atoms with Gasteiger partial charge in [-0.15, -0.1) is 0 Å². The highest BCUT2D eigenvalue weighted by atomic mass is 19.4. The second-order valence-electron chi connectivity index (χ2n) is 5.56. The molecule has 0 aromatic carbocycles. The molecule has 1 aliphatic rings. The van der Waals surface area contributed by atoms with Crippen LogP contribution in [0.25, 0.3) is 0 Å². The van der Waals surface area contributed by atoms with E-state index in [0.29, 0.717) is 4.90 Å². The predicted molar refractivity (Wildman–Crippen MR) is 58.6 cm³/mol. The van der Waals surface area contributed by atoms with Gasteiger partial charge in [0.05, 0.1) is 0 Å². The number of hydrogen-bond donors (Lipinski definition) is 1. The molecular weight excluding hydrogens is 249 g/mol. The van der Waals surface area contributed by atoms with E-state index in [9.17, 15) is 22.8 Å². The summed E-state index contributed by atoms with van der Waals surface area (Å²) in [4.78, 5) is 24.2. The van der Waals surface area contributed by atoms with Crippen molar-refractivity contribution in [3.63, 3.8) is 0 Å². The molecule has 104 valence electrons. The summed E-state index contributed by atoms with van der Waals surface area (Å²) in [5.74, 6) is -1.24. The third-order valence-electron chi connectivity index (χ3n) is 2.88. The molecule has 18 heavy (non-hydrogen) atoms. The first-order valence-electron chi connectivity index (χ1n) is 5.61.